The quantitative estimate of drug-likeness (QED) is 0.617. The van der Waals surface area contributed by atoms with Gasteiger partial charge in [-0.25, -0.2) is 25.1 Å². The smallest absolute Gasteiger partial charge is 0.333 e. The maximum atomic E-state index is 10.9. The van der Waals surface area contributed by atoms with Crippen molar-refractivity contribution in [2.24, 2.45) is 10.1 Å². The lowest BCUT2D eigenvalue weighted by molar-refractivity contribution is -0.0149. The van der Waals surface area contributed by atoms with Crippen LogP contribution in [0.1, 0.15) is 24.6 Å². The highest BCUT2D eigenvalue weighted by atomic mass is 32.2. The van der Waals surface area contributed by atoms with Crippen LogP contribution in [0.15, 0.2) is 48.0 Å². The molecule has 0 aliphatic carbocycles. The van der Waals surface area contributed by atoms with Gasteiger partial charge in [0.1, 0.15) is 12.6 Å². The van der Waals surface area contributed by atoms with Gasteiger partial charge >= 0.3 is 10.3 Å². The Morgan fingerprint density at radius 3 is 2.86 bits per heavy atom. The number of hydrogen-bond donors (Lipinski definition) is 1. The largest absolute Gasteiger partial charge is 0.352 e. The summed E-state index contributed by atoms with van der Waals surface area (Å²) >= 11 is 0. The van der Waals surface area contributed by atoms with E-state index >= 15 is 0 Å². The summed E-state index contributed by atoms with van der Waals surface area (Å²) in [5.74, 6) is 0.458. The molecule has 2 N–H and O–H groups in total. The van der Waals surface area contributed by atoms with Gasteiger partial charge in [0.2, 0.25) is 0 Å². The van der Waals surface area contributed by atoms with Crippen molar-refractivity contribution in [3.05, 3.63) is 48.5 Å². The molecule has 1 aliphatic rings. The Morgan fingerprint density at radius 1 is 1.25 bits per heavy atom. The van der Waals surface area contributed by atoms with Crippen LogP contribution in [-0.2, 0) is 19.2 Å². The number of rotatable bonds is 6. The molecule has 1 aromatic carbocycles. The molecule has 1 aliphatic heterocycles. The molecule has 1 saturated heterocycles. The van der Waals surface area contributed by atoms with Gasteiger partial charge in [0, 0.05) is 6.21 Å². The molecule has 2 atom stereocenters. The van der Waals surface area contributed by atoms with Gasteiger partial charge < -0.3 is 4.74 Å². The number of aromatic nitrogens is 4. The first-order valence-electron chi connectivity index (χ1n) is 8.59. The van der Waals surface area contributed by atoms with Crippen LogP contribution < -0.4 is 5.14 Å². The molecule has 146 valence electrons. The molecule has 1 fully saturated rings. The Morgan fingerprint density at radius 2 is 2.07 bits per heavy atom. The minimum atomic E-state index is -3.99. The molecule has 4 rings (SSSR count). The van der Waals surface area contributed by atoms with Gasteiger partial charge in [0.15, 0.2) is 17.0 Å². The van der Waals surface area contributed by atoms with Crippen molar-refractivity contribution in [2.75, 3.05) is 6.61 Å². The van der Waals surface area contributed by atoms with Gasteiger partial charge in [-0.05, 0) is 18.4 Å². The van der Waals surface area contributed by atoms with Crippen molar-refractivity contribution in [3.8, 4) is 0 Å². The SMILES string of the molecule is NS(=O)(=O)OC[C@@H]1CC[C@H](n2cnc3c(/N=C/c4ccccc4)ncnc32)O1. The average molecular weight is 402 g/mol. The predicted octanol–water partition coefficient (Wildman–Crippen LogP) is 1.47. The zero-order valence-corrected chi connectivity index (χ0v) is 15.6. The van der Waals surface area contributed by atoms with Crippen LogP contribution in [-0.4, -0.2) is 46.9 Å². The second-order valence-electron chi connectivity index (χ2n) is 6.26. The predicted molar refractivity (Wildman–Crippen MR) is 101 cm³/mol. The Hall–Kier alpha value is -2.73. The van der Waals surface area contributed by atoms with Crippen LogP contribution in [0.3, 0.4) is 0 Å². The molecular formula is C17H18N6O4S. The molecule has 28 heavy (non-hydrogen) atoms. The number of imidazole rings is 1. The second-order valence-corrected chi connectivity index (χ2v) is 7.48. The number of fused-ring (bicyclic) bond motifs is 1. The van der Waals surface area contributed by atoms with Crippen molar-refractivity contribution < 1.29 is 17.3 Å². The van der Waals surface area contributed by atoms with E-state index in [0.29, 0.717) is 29.8 Å². The normalized spacial score (nSPS) is 20.3. The lowest BCUT2D eigenvalue weighted by atomic mass is 10.2. The first-order valence-corrected chi connectivity index (χ1v) is 10.1. The summed E-state index contributed by atoms with van der Waals surface area (Å²) < 4.78 is 34.1. The summed E-state index contributed by atoms with van der Waals surface area (Å²) in [5, 5.41) is 4.85. The van der Waals surface area contributed by atoms with Crippen LogP contribution in [0.4, 0.5) is 5.82 Å². The fourth-order valence-corrected chi connectivity index (χ4v) is 3.35. The molecule has 3 aromatic rings. The molecule has 3 heterocycles. The highest BCUT2D eigenvalue weighted by Crippen LogP contribution is 2.32. The van der Waals surface area contributed by atoms with Gasteiger partial charge in [0.25, 0.3) is 0 Å². The van der Waals surface area contributed by atoms with Crippen molar-refractivity contribution in [1.29, 1.82) is 0 Å². The molecule has 0 spiro atoms. The summed E-state index contributed by atoms with van der Waals surface area (Å²) in [5.41, 5.74) is 2.10. The molecule has 10 nitrogen and oxygen atoms in total. The highest BCUT2D eigenvalue weighted by Gasteiger charge is 2.29. The van der Waals surface area contributed by atoms with Crippen LogP contribution in [0, 0.1) is 0 Å². The Balaban J connectivity index is 1.53. The van der Waals surface area contributed by atoms with Gasteiger partial charge in [-0.3, -0.25) is 8.75 Å². The van der Waals surface area contributed by atoms with Gasteiger partial charge in [0.05, 0.1) is 19.0 Å². The third-order valence-electron chi connectivity index (χ3n) is 4.29. The van der Waals surface area contributed by atoms with Gasteiger partial charge in [-0.2, -0.15) is 8.42 Å². The number of ether oxygens (including phenoxy) is 1. The standard InChI is InChI=1S/C17H18N6O4S/c18-28(24,25)26-9-13-6-7-14(27-13)23-11-22-15-16(20-10-21-17(15)23)19-8-12-4-2-1-3-5-12/h1-5,8,10-11,13-14H,6-7,9H2,(H2,18,24,25)/b19-8+/t13-,14+/m0/s1. The molecule has 11 heteroatoms. The van der Waals surface area contributed by atoms with Gasteiger partial charge in [-0.15, -0.1) is 0 Å². The summed E-state index contributed by atoms with van der Waals surface area (Å²) in [4.78, 5) is 17.3. The summed E-state index contributed by atoms with van der Waals surface area (Å²) in [7, 11) is -3.99. The van der Waals surface area contributed by atoms with Crippen LogP contribution >= 0.6 is 0 Å². The van der Waals surface area contributed by atoms with E-state index in [1.54, 1.807) is 17.1 Å². The van der Waals surface area contributed by atoms with Gasteiger partial charge in [-0.1, -0.05) is 30.3 Å². The first-order chi connectivity index (χ1) is 13.5. The van der Waals surface area contributed by atoms with Crippen molar-refractivity contribution >= 4 is 33.5 Å². The minimum absolute atomic E-state index is 0.121. The number of aliphatic imine (C=N–C) groups is 1. The van der Waals surface area contributed by atoms with E-state index in [4.69, 9.17) is 9.88 Å². The molecule has 0 radical (unpaired) electrons. The Bertz CT molecular complexity index is 1100. The average Bonchev–Trinajstić information content (AvgIpc) is 3.32. The van der Waals surface area contributed by atoms with E-state index < -0.39 is 10.3 Å². The Kier molecular flexibility index (Phi) is 5.13. The van der Waals surface area contributed by atoms with Crippen LogP contribution in [0.2, 0.25) is 0 Å². The summed E-state index contributed by atoms with van der Waals surface area (Å²) in [6.07, 6.45) is 5.34. The third-order valence-corrected chi connectivity index (χ3v) is 4.75. The van der Waals surface area contributed by atoms with Crippen molar-refractivity contribution in [2.45, 2.75) is 25.2 Å². The maximum absolute atomic E-state index is 10.9. The van der Waals surface area contributed by atoms with E-state index in [-0.39, 0.29) is 18.9 Å². The van der Waals surface area contributed by atoms with Crippen LogP contribution in [0.25, 0.3) is 11.2 Å². The van der Waals surface area contributed by atoms with E-state index in [2.05, 4.69) is 24.1 Å². The third kappa shape index (κ3) is 4.22. The monoisotopic (exact) mass is 402 g/mol. The van der Waals surface area contributed by atoms with E-state index in [1.165, 1.54) is 6.33 Å². The molecule has 0 amide bonds. The lowest BCUT2D eigenvalue weighted by Crippen LogP contribution is -2.23. The van der Waals surface area contributed by atoms with Crippen molar-refractivity contribution in [1.82, 2.24) is 19.5 Å². The zero-order chi connectivity index (χ0) is 19.6. The molecule has 0 saturated carbocycles. The summed E-state index contributed by atoms with van der Waals surface area (Å²) in [6.45, 7) is -0.121. The number of nitrogens with zero attached hydrogens (tertiary/aromatic N) is 5. The second kappa shape index (κ2) is 7.72. The number of nitrogens with two attached hydrogens (primary N) is 1. The maximum Gasteiger partial charge on any atom is 0.333 e. The number of hydrogen-bond acceptors (Lipinski definition) is 8. The minimum Gasteiger partial charge on any atom is -0.352 e. The lowest BCUT2D eigenvalue weighted by Gasteiger charge is -2.14. The zero-order valence-electron chi connectivity index (χ0n) is 14.7. The van der Waals surface area contributed by atoms with E-state index in [9.17, 15) is 8.42 Å². The van der Waals surface area contributed by atoms with E-state index in [1.807, 2.05) is 30.3 Å². The highest BCUT2D eigenvalue weighted by molar-refractivity contribution is 7.84. The fourth-order valence-electron chi connectivity index (χ4n) is 3.00. The molecule has 2 aromatic heterocycles. The topological polar surface area (TPSA) is 135 Å². The van der Waals surface area contributed by atoms with Crippen LogP contribution in [0.5, 0.6) is 0 Å². The van der Waals surface area contributed by atoms with E-state index in [0.717, 1.165) is 5.56 Å². The molecule has 0 unspecified atom stereocenters. The fraction of sp³-hybridized carbons (Fsp3) is 0.294. The Labute approximate surface area is 161 Å². The first kappa shape index (κ1) is 18.6. The number of benzene rings is 1. The molecular weight excluding hydrogens is 384 g/mol. The van der Waals surface area contributed by atoms with Crippen molar-refractivity contribution in [3.63, 3.8) is 0 Å². The summed E-state index contributed by atoms with van der Waals surface area (Å²) in [6, 6.07) is 9.68. The molecule has 0 bridgehead atoms.